The first-order valence-corrected chi connectivity index (χ1v) is 7.46. The first-order chi connectivity index (χ1) is 11.2. The summed E-state index contributed by atoms with van der Waals surface area (Å²) < 4.78 is 18.2. The second-order valence-corrected chi connectivity index (χ2v) is 5.34. The van der Waals surface area contributed by atoms with Crippen LogP contribution in [-0.2, 0) is 9.53 Å². The summed E-state index contributed by atoms with van der Waals surface area (Å²) in [5.41, 5.74) is 9.82. The first kappa shape index (κ1) is 17.2. The molecule has 8 heteroatoms. The number of carbonyl (C=O) groups excluding carboxylic acids is 1. The van der Waals surface area contributed by atoms with Crippen LogP contribution in [0, 0.1) is 0 Å². The molecule has 7 nitrogen and oxygen atoms in total. The predicted molar refractivity (Wildman–Crippen MR) is 84.8 cm³/mol. The molecule has 23 heavy (non-hydrogen) atoms. The number of benzene rings is 1. The Morgan fingerprint density at radius 2 is 2.30 bits per heavy atom. The standard InChI is InChI=1S/C15H20FN5O2/c1-23-14(13(9-16)20-21-17)10-4-6-11(7-5-10)19-15(22)12-3-2-8-18-12/h4-7,12-14,18H,2-3,8-9H2,1H3,(H,19,22)/t12-,13+,14+/m0/s1. The van der Waals surface area contributed by atoms with Crippen LogP contribution in [0.2, 0.25) is 0 Å². The molecule has 124 valence electrons. The van der Waals surface area contributed by atoms with Crippen molar-refractivity contribution in [1.29, 1.82) is 0 Å². The van der Waals surface area contributed by atoms with Gasteiger partial charge in [0.2, 0.25) is 5.91 Å². The highest BCUT2D eigenvalue weighted by Crippen LogP contribution is 2.25. The van der Waals surface area contributed by atoms with E-state index in [1.54, 1.807) is 24.3 Å². The van der Waals surface area contributed by atoms with Crippen LogP contribution in [0.1, 0.15) is 24.5 Å². The summed E-state index contributed by atoms with van der Waals surface area (Å²) in [5, 5.41) is 9.39. The van der Waals surface area contributed by atoms with E-state index in [-0.39, 0.29) is 11.9 Å². The third kappa shape index (κ3) is 4.41. The summed E-state index contributed by atoms with van der Waals surface area (Å²) in [7, 11) is 1.43. The van der Waals surface area contributed by atoms with Crippen LogP contribution in [-0.4, -0.2) is 38.3 Å². The molecule has 3 atom stereocenters. The predicted octanol–water partition coefficient (Wildman–Crippen LogP) is 2.71. The van der Waals surface area contributed by atoms with Gasteiger partial charge in [-0.25, -0.2) is 0 Å². The number of hydrogen-bond acceptors (Lipinski definition) is 4. The fourth-order valence-electron chi connectivity index (χ4n) is 2.65. The van der Waals surface area contributed by atoms with Gasteiger partial charge in [0, 0.05) is 17.7 Å². The van der Waals surface area contributed by atoms with Crippen molar-refractivity contribution >= 4 is 11.6 Å². The zero-order valence-corrected chi connectivity index (χ0v) is 12.9. The van der Waals surface area contributed by atoms with Crippen molar-refractivity contribution in [2.75, 3.05) is 25.6 Å². The van der Waals surface area contributed by atoms with Gasteiger partial charge < -0.3 is 15.4 Å². The highest BCUT2D eigenvalue weighted by molar-refractivity contribution is 5.95. The van der Waals surface area contributed by atoms with Crippen molar-refractivity contribution in [3.63, 3.8) is 0 Å². The Morgan fingerprint density at radius 3 is 2.83 bits per heavy atom. The first-order valence-electron chi connectivity index (χ1n) is 7.46. The highest BCUT2D eigenvalue weighted by atomic mass is 19.1. The second kappa shape index (κ2) is 8.47. The van der Waals surface area contributed by atoms with Gasteiger partial charge in [-0.1, -0.05) is 17.2 Å². The largest absolute Gasteiger partial charge is 0.376 e. The molecule has 0 radical (unpaired) electrons. The van der Waals surface area contributed by atoms with Gasteiger partial charge in [0.15, 0.2) is 0 Å². The number of nitrogens with zero attached hydrogens (tertiary/aromatic N) is 3. The lowest BCUT2D eigenvalue weighted by molar-refractivity contribution is -0.117. The van der Waals surface area contributed by atoms with Gasteiger partial charge in [-0.05, 0) is 42.6 Å². The summed E-state index contributed by atoms with van der Waals surface area (Å²) >= 11 is 0. The number of amides is 1. The Balaban J connectivity index is 2.05. The molecule has 2 rings (SSSR count). The quantitative estimate of drug-likeness (QED) is 0.459. The molecule has 0 bridgehead atoms. The number of carbonyl (C=O) groups is 1. The Labute approximate surface area is 133 Å². The van der Waals surface area contributed by atoms with Crippen molar-refractivity contribution < 1.29 is 13.9 Å². The lowest BCUT2D eigenvalue weighted by Gasteiger charge is -2.20. The number of hydrogen-bond donors (Lipinski definition) is 2. The number of rotatable bonds is 7. The van der Waals surface area contributed by atoms with Crippen molar-refractivity contribution in [2.24, 2.45) is 5.11 Å². The van der Waals surface area contributed by atoms with Crippen LogP contribution in [0.15, 0.2) is 29.4 Å². The van der Waals surface area contributed by atoms with Crippen LogP contribution in [0.4, 0.5) is 10.1 Å². The molecule has 0 spiro atoms. The van der Waals surface area contributed by atoms with E-state index < -0.39 is 18.8 Å². The zero-order valence-electron chi connectivity index (χ0n) is 12.9. The van der Waals surface area contributed by atoms with E-state index in [2.05, 4.69) is 20.7 Å². The summed E-state index contributed by atoms with van der Waals surface area (Å²) in [6.07, 6.45) is 1.16. The number of nitrogens with one attached hydrogen (secondary N) is 2. The van der Waals surface area contributed by atoms with Crippen LogP contribution in [0.3, 0.4) is 0 Å². The van der Waals surface area contributed by atoms with Crippen molar-refractivity contribution in [1.82, 2.24) is 5.32 Å². The molecule has 0 unspecified atom stereocenters. The average Bonchev–Trinajstić information content (AvgIpc) is 3.10. The Kier molecular flexibility index (Phi) is 6.34. The summed E-state index contributed by atoms with van der Waals surface area (Å²) in [6.45, 7) is 0.0466. The minimum atomic E-state index is -0.923. The number of azide groups is 1. The van der Waals surface area contributed by atoms with Crippen molar-refractivity contribution in [3.05, 3.63) is 40.3 Å². The van der Waals surface area contributed by atoms with Crippen LogP contribution in [0.25, 0.3) is 10.4 Å². The summed E-state index contributed by atoms with van der Waals surface area (Å²) in [6, 6.07) is 5.82. The van der Waals surface area contributed by atoms with Crippen LogP contribution >= 0.6 is 0 Å². The maximum atomic E-state index is 13.0. The maximum Gasteiger partial charge on any atom is 0.241 e. The molecule has 1 aromatic carbocycles. The van der Waals surface area contributed by atoms with Gasteiger partial charge >= 0.3 is 0 Å². The molecule has 0 aliphatic carbocycles. The van der Waals surface area contributed by atoms with Gasteiger partial charge in [0.05, 0.1) is 18.2 Å². The minimum absolute atomic E-state index is 0.0609. The van der Waals surface area contributed by atoms with E-state index in [9.17, 15) is 9.18 Å². The smallest absolute Gasteiger partial charge is 0.241 e. The average molecular weight is 321 g/mol. The third-order valence-corrected chi connectivity index (χ3v) is 3.85. The van der Waals surface area contributed by atoms with Crippen molar-refractivity contribution in [3.8, 4) is 0 Å². The van der Waals surface area contributed by atoms with E-state index in [1.807, 2.05) is 0 Å². The molecular weight excluding hydrogens is 301 g/mol. The molecule has 2 N–H and O–H groups in total. The van der Waals surface area contributed by atoms with E-state index in [4.69, 9.17) is 10.3 Å². The molecule has 1 aromatic rings. The number of ether oxygens (including phenoxy) is 1. The van der Waals surface area contributed by atoms with Gasteiger partial charge in [-0.2, -0.15) is 0 Å². The van der Waals surface area contributed by atoms with Gasteiger partial charge in [-0.3, -0.25) is 9.18 Å². The van der Waals surface area contributed by atoms with E-state index >= 15 is 0 Å². The van der Waals surface area contributed by atoms with Crippen LogP contribution in [0.5, 0.6) is 0 Å². The van der Waals surface area contributed by atoms with Crippen molar-refractivity contribution in [2.45, 2.75) is 31.0 Å². The van der Waals surface area contributed by atoms with Crippen LogP contribution < -0.4 is 10.6 Å². The number of anilines is 1. The number of alkyl halides is 1. The second-order valence-electron chi connectivity index (χ2n) is 5.34. The number of methoxy groups -OCH3 is 1. The van der Waals surface area contributed by atoms with Gasteiger partial charge in [-0.15, -0.1) is 0 Å². The molecule has 1 saturated heterocycles. The number of halogens is 1. The molecule has 1 heterocycles. The molecule has 1 aliphatic rings. The van der Waals surface area contributed by atoms with E-state index in [0.29, 0.717) is 11.3 Å². The normalized spacial score (nSPS) is 19.7. The monoisotopic (exact) mass is 321 g/mol. The Morgan fingerprint density at radius 1 is 1.57 bits per heavy atom. The molecule has 0 aromatic heterocycles. The zero-order chi connectivity index (χ0) is 16.7. The van der Waals surface area contributed by atoms with E-state index in [0.717, 1.165) is 19.4 Å². The van der Waals surface area contributed by atoms with Gasteiger partial charge in [0.25, 0.3) is 0 Å². The Hall–Kier alpha value is -2.15. The topological polar surface area (TPSA) is 99.1 Å². The van der Waals surface area contributed by atoms with E-state index in [1.165, 1.54) is 7.11 Å². The lowest BCUT2D eigenvalue weighted by atomic mass is 10.0. The summed E-state index contributed by atoms with van der Waals surface area (Å²) in [5.74, 6) is -0.0609. The molecular formula is C15H20FN5O2. The highest BCUT2D eigenvalue weighted by Gasteiger charge is 2.23. The fraction of sp³-hybridized carbons (Fsp3) is 0.533. The molecule has 1 aliphatic heterocycles. The maximum absolute atomic E-state index is 13.0. The fourth-order valence-corrected chi connectivity index (χ4v) is 2.65. The lowest BCUT2D eigenvalue weighted by Crippen LogP contribution is -2.35. The third-order valence-electron chi connectivity index (χ3n) is 3.85. The Bertz CT molecular complexity index is 568. The molecule has 1 amide bonds. The summed E-state index contributed by atoms with van der Waals surface area (Å²) in [4.78, 5) is 14.7. The molecule has 0 saturated carbocycles. The minimum Gasteiger partial charge on any atom is -0.376 e. The SMILES string of the molecule is CO[C@H](c1ccc(NC(=O)[C@@H]2CCCN2)cc1)[C@@H](CF)N=[N+]=[N-]. The molecule has 1 fully saturated rings. The van der Waals surface area contributed by atoms with Gasteiger partial charge in [0.1, 0.15) is 6.67 Å².